The summed E-state index contributed by atoms with van der Waals surface area (Å²) in [5.74, 6) is 0. The van der Waals surface area contributed by atoms with E-state index in [1.807, 2.05) is 18.2 Å². The molecule has 1 nitrogen and oxygen atoms in total. The molecule has 2 rings (SSSR count). The number of halogens is 2. The Labute approximate surface area is 137 Å². The van der Waals surface area contributed by atoms with Gasteiger partial charge in [-0.3, -0.25) is 0 Å². The number of benzene rings is 2. The smallest absolute Gasteiger partial charge is 0.0453 e. The highest BCUT2D eigenvalue weighted by atomic mass is 35.5. The van der Waals surface area contributed by atoms with Gasteiger partial charge < -0.3 is 5.73 Å². The molecule has 0 aliphatic carbocycles. The number of hydrogen-bond donors (Lipinski definition) is 1. The molecule has 0 bridgehead atoms. The zero-order valence-electron chi connectivity index (χ0n) is 12.7. The van der Waals surface area contributed by atoms with Gasteiger partial charge in [0.05, 0.1) is 0 Å². The lowest BCUT2D eigenvalue weighted by Gasteiger charge is -2.26. The fraction of sp³-hybridized carbons (Fsp3) is 0.333. The summed E-state index contributed by atoms with van der Waals surface area (Å²) in [5, 5.41) is 1.32. The molecule has 0 amide bonds. The van der Waals surface area contributed by atoms with Gasteiger partial charge in [-0.1, -0.05) is 74.3 Å². The monoisotopic (exact) mass is 321 g/mol. The van der Waals surface area contributed by atoms with Gasteiger partial charge in [0.15, 0.2) is 0 Å². The first-order valence-corrected chi connectivity index (χ1v) is 7.83. The van der Waals surface area contributed by atoms with Crippen LogP contribution < -0.4 is 5.73 Å². The average molecular weight is 322 g/mol. The molecular formula is C18H21Cl2N. The van der Waals surface area contributed by atoms with Crippen molar-refractivity contribution >= 4 is 23.2 Å². The molecule has 0 saturated carbocycles. The second kappa shape index (κ2) is 6.39. The maximum atomic E-state index is 6.44. The third-order valence-corrected chi connectivity index (χ3v) is 4.21. The molecule has 0 heterocycles. The molecule has 0 saturated heterocycles. The molecule has 0 aromatic heterocycles. The quantitative estimate of drug-likeness (QED) is 0.789. The molecule has 3 heteroatoms. The Morgan fingerprint density at radius 1 is 1.05 bits per heavy atom. The van der Waals surface area contributed by atoms with Gasteiger partial charge >= 0.3 is 0 Å². The van der Waals surface area contributed by atoms with Crippen LogP contribution in [-0.2, 0) is 11.8 Å². The van der Waals surface area contributed by atoms with E-state index in [-0.39, 0.29) is 11.5 Å². The summed E-state index contributed by atoms with van der Waals surface area (Å²) in [5.41, 5.74) is 9.99. The highest BCUT2D eigenvalue weighted by molar-refractivity contribution is 6.35. The van der Waals surface area contributed by atoms with Gasteiger partial charge in [0, 0.05) is 16.1 Å². The van der Waals surface area contributed by atoms with Crippen molar-refractivity contribution in [2.75, 3.05) is 0 Å². The second-order valence-corrected chi connectivity index (χ2v) is 7.23. The molecule has 1 unspecified atom stereocenters. The van der Waals surface area contributed by atoms with Crippen molar-refractivity contribution in [2.24, 2.45) is 5.73 Å². The van der Waals surface area contributed by atoms with Gasteiger partial charge in [0.2, 0.25) is 0 Å². The average Bonchev–Trinajstić information content (AvgIpc) is 2.41. The summed E-state index contributed by atoms with van der Waals surface area (Å²) < 4.78 is 0. The summed E-state index contributed by atoms with van der Waals surface area (Å²) in [6.07, 6.45) is 0.698. The Hall–Kier alpha value is -1.02. The van der Waals surface area contributed by atoms with Crippen molar-refractivity contribution in [2.45, 2.75) is 38.6 Å². The Bertz CT molecular complexity index is 629. The van der Waals surface area contributed by atoms with E-state index < -0.39 is 0 Å². The topological polar surface area (TPSA) is 26.0 Å². The number of rotatable bonds is 3. The minimum absolute atomic E-state index is 0.0675. The van der Waals surface area contributed by atoms with E-state index in [0.717, 1.165) is 5.56 Å². The highest BCUT2D eigenvalue weighted by Gasteiger charge is 2.21. The molecular weight excluding hydrogens is 301 g/mol. The molecule has 1 atom stereocenters. The Morgan fingerprint density at radius 3 is 2.33 bits per heavy atom. The van der Waals surface area contributed by atoms with E-state index in [0.29, 0.717) is 16.5 Å². The summed E-state index contributed by atoms with van der Waals surface area (Å²) >= 11 is 12.2. The molecule has 2 N–H and O–H groups in total. The minimum Gasteiger partial charge on any atom is -0.324 e. The van der Waals surface area contributed by atoms with Gasteiger partial charge in [0.1, 0.15) is 0 Å². The zero-order chi connectivity index (χ0) is 15.6. The molecule has 0 aliphatic rings. The molecule has 112 valence electrons. The highest BCUT2D eigenvalue weighted by Crippen LogP contribution is 2.31. The van der Waals surface area contributed by atoms with Gasteiger partial charge in [0.25, 0.3) is 0 Å². The Balaban J connectivity index is 2.31. The third kappa shape index (κ3) is 4.00. The van der Waals surface area contributed by atoms with E-state index in [1.54, 1.807) is 6.07 Å². The van der Waals surface area contributed by atoms with Crippen LogP contribution in [0.25, 0.3) is 0 Å². The molecule has 0 aliphatic heterocycles. The lowest BCUT2D eigenvalue weighted by atomic mass is 9.81. The first-order valence-electron chi connectivity index (χ1n) is 7.08. The van der Waals surface area contributed by atoms with Crippen LogP contribution in [0, 0.1) is 0 Å². The van der Waals surface area contributed by atoms with Crippen molar-refractivity contribution in [3.8, 4) is 0 Å². The van der Waals surface area contributed by atoms with Crippen LogP contribution in [-0.4, -0.2) is 0 Å². The van der Waals surface area contributed by atoms with E-state index in [4.69, 9.17) is 28.9 Å². The maximum Gasteiger partial charge on any atom is 0.0453 e. The Morgan fingerprint density at radius 2 is 1.71 bits per heavy atom. The van der Waals surface area contributed by atoms with E-state index in [1.165, 1.54) is 11.1 Å². The van der Waals surface area contributed by atoms with Crippen molar-refractivity contribution in [3.05, 3.63) is 69.2 Å². The SMILES string of the molecule is CC(C)(C)c1ccccc1C(N)Cc1ccc(Cl)cc1Cl. The summed E-state index contributed by atoms with van der Waals surface area (Å²) in [6.45, 7) is 6.61. The lowest BCUT2D eigenvalue weighted by molar-refractivity contribution is 0.568. The molecule has 0 spiro atoms. The van der Waals surface area contributed by atoms with Crippen molar-refractivity contribution < 1.29 is 0 Å². The lowest BCUT2D eigenvalue weighted by Crippen LogP contribution is -2.21. The van der Waals surface area contributed by atoms with Crippen molar-refractivity contribution in [1.29, 1.82) is 0 Å². The standard InChI is InChI=1S/C18H21Cl2N/c1-18(2,3)15-7-5-4-6-14(15)17(21)10-12-8-9-13(19)11-16(12)20/h4-9,11,17H,10,21H2,1-3H3. The van der Waals surface area contributed by atoms with Gasteiger partial charge in [-0.25, -0.2) is 0 Å². The van der Waals surface area contributed by atoms with Crippen LogP contribution in [0.3, 0.4) is 0 Å². The first-order chi connectivity index (χ1) is 9.79. The third-order valence-electron chi connectivity index (χ3n) is 3.62. The van der Waals surface area contributed by atoms with E-state index >= 15 is 0 Å². The van der Waals surface area contributed by atoms with Crippen LogP contribution in [0.2, 0.25) is 10.0 Å². The van der Waals surface area contributed by atoms with Gasteiger partial charge in [-0.05, 0) is 40.7 Å². The fourth-order valence-electron chi connectivity index (χ4n) is 2.54. The number of hydrogen-bond acceptors (Lipinski definition) is 1. The zero-order valence-corrected chi connectivity index (χ0v) is 14.2. The van der Waals surface area contributed by atoms with Crippen LogP contribution in [0.1, 0.15) is 43.5 Å². The molecule has 2 aromatic carbocycles. The molecule has 2 aromatic rings. The van der Waals surface area contributed by atoms with Crippen molar-refractivity contribution in [3.63, 3.8) is 0 Å². The van der Waals surface area contributed by atoms with Gasteiger partial charge in [-0.15, -0.1) is 0 Å². The summed E-state index contributed by atoms with van der Waals surface area (Å²) in [6, 6.07) is 13.8. The largest absolute Gasteiger partial charge is 0.324 e. The number of nitrogens with two attached hydrogens (primary N) is 1. The normalized spacial score (nSPS) is 13.2. The minimum atomic E-state index is -0.0842. The Kier molecular flexibility index (Phi) is 4.98. The maximum absolute atomic E-state index is 6.44. The fourth-order valence-corrected chi connectivity index (χ4v) is 3.02. The summed E-state index contributed by atoms with van der Waals surface area (Å²) in [7, 11) is 0. The first kappa shape index (κ1) is 16.4. The van der Waals surface area contributed by atoms with Crippen molar-refractivity contribution in [1.82, 2.24) is 0 Å². The predicted octanol–water partition coefficient (Wildman–Crippen LogP) is 5.53. The molecule has 21 heavy (non-hydrogen) atoms. The summed E-state index contributed by atoms with van der Waals surface area (Å²) in [4.78, 5) is 0. The van der Waals surface area contributed by atoms with Crippen LogP contribution >= 0.6 is 23.2 Å². The van der Waals surface area contributed by atoms with E-state index in [2.05, 4.69) is 39.0 Å². The van der Waals surface area contributed by atoms with Crippen LogP contribution in [0.5, 0.6) is 0 Å². The molecule has 0 radical (unpaired) electrons. The van der Waals surface area contributed by atoms with Gasteiger partial charge in [-0.2, -0.15) is 0 Å². The van der Waals surface area contributed by atoms with Crippen LogP contribution in [0.4, 0.5) is 0 Å². The molecule has 0 fully saturated rings. The predicted molar refractivity (Wildman–Crippen MR) is 92.2 cm³/mol. The van der Waals surface area contributed by atoms with Crippen LogP contribution in [0.15, 0.2) is 42.5 Å². The second-order valence-electron chi connectivity index (χ2n) is 6.38. The van der Waals surface area contributed by atoms with E-state index in [9.17, 15) is 0 Å².